The first-order valence-electron chi connectivity index (χ1n) is 7.15. The molecule has 0 spiro atoms. The molecular formula is C18H18F2O3. The maximum atomic E-state index is 14.0. The Morgan fingerprint density at radius 1 is 1.09 bits per heavy atom. The number of esters is 1. The zero-order valence-corrected chi connectivity index (χ0v) is 13.3. The maximum Gasteiger partial charge on any atom is 0.309 e. The van der Waals surface area contributed by atoms with Gasteiger partial charge in [0.25, 0.3) is 0 Å². The van der Waals surface area contributed by atoms with Gasteiger partial charge in [-0.05, 0) is 48.7 Å². The molecule has 0 saturated carbocycles. The summed E-state index contributed by atoms with van der Waals surface area (Å²) in [6.07, 6.45) is -0.0671. The van der Waals surface area contributed by atoms with Gasteiger partial charge in [0.05, 0.1) is 13.5 Å². The smallest absolute Gasteiger partial charge is 0.309 e. The highest BCUT2D eigenvalue weighted by Gasteiger charge is 2.14. The van der Waals surface area contributed by atoms with Crippen LogP contribution in [0.2, 0.25) is 0 Å². The van der Waals surface area contributed by atoms with E-state index in [1.807, 2.05) is 6.92 Å². The second-order valence-corrected chi connectivity index (χ2v) is 5.29. The fourth-order valence-electron chi connectivity index (χ4n) is 2.17. The van der Waals surface area contributed by atoms with Crippen molar-refractivity contribution in [1.29, 1.82) is 0 Å². The molecule has 2 aromatic carbocycles. The minimum atomic E-state index is -0.504. The van der Waals surface area contributed by atoms with Crippen LogP contribution in [-0.2, 0) is 22.6 Å². The van der Waals surface area contributed by atoms with Crippen LogP contribution in [0, 0.1) is 25.5 Å². The van der Waals surface area contributed by atoms with Crippen molar-refractivity contribution in [2.45, 2.75) is 26.9 Å². The molecule has 0 bridgehead atoms. The molecule has 0 saturated heterocycles. The highest BCUT2D eigenvalue weighted by atomic mass is 19.1. The predicted molar refractivity (Wildman–Crippen MR) is 82.3 cm³/mol. The summed E-state index contributed by atoms with van der Waals surface area (Å²) in [4.78, 5) is 11.4. The van der Waals surface area contributed by atoms with Gasteiger partial charge in [-0.1, -0.05) is 12.1 Å². The molecule has 0 atom stereocenters. The number of benzene rings is 2. The SMILES string of the molecule is COC(=O)Cc1cccc(F)c1COc1cc(C)c(C)cc1F. The molecule has 0 amide bonds. The van der Waals surface area contributed by atoms with Crippen LogP contribution in [-0.4, -0.2) is 13.1 Å². The van der Waals surface area contributed by atoms with Crippen LogP contribution in [0.5, 0.6) is 5.75 Å². The number of hydrogen-bond donors (Lipinski definition) is 0. The molecule has 0 heterocycles. The third kappa shape index (κ3) is 4.06. The van der Waals surface area contributed by atoms with E-state index in [0.29, 0.717) is 5.56 Å². The number of methoxy groups -OCH3 is 1. The van der Waals surface area contributed by atoms with E-state index in [4.69, 9.17) is 4.74 Å². The van der Waals surface area contributed by atoms with Gasteiger partial charge in [0.1, 0.15) is 12.4 Å². The second-order valence-electron chi connectivity index (χ2n) is 5.29. The number of carbonyl (C=O) groups is 1. The Morgan fingerprint density at radius 3 is 2.48 bits per heavy atom. The average molecular weight is 320 g/mol. The van der Waals surface area contributed by atoms with E-state index < -0.39 is 17.6 Å². The van der Waals surface area contributed by atoms with E-state index in [1.54, 1.807) is 19.1 Å². The van der Waals surface area contributed by atoms with E-state index >= 15 is 0 Å². The number of rotatable bonds is 5. The molecule has 3 nitrogen and oxygen atoms in total. The zero-order valence-electron chi connectivity index (χ0n) is 13.3. The molecule has 0 aliphatic carbocycles. The van der Waals surface area contributed by atoms with Crippen molar-refractivity contribution in [3.8, 4) is 5.75 Å². The zero-order chi connectivity index (χ0) is 17.0. The highest BCUT2D eigenvalue weighted by Crippen LogP contribution is 2.24. The summed E-state index contributed by atoms with van der Waals surface area (Å²) in [6, 6.07) is 7.35. The fourth-order valence-corrected chi connectivity index (χ4v) is 2.17. The Labute approximate surface area is 133 Å². The van der Waals surface area contributed by atoms with Crippen molar-refractivity contribution in [3.05, 3.63) is 64.2 Å². The van der Waals surface area contributed by atoms with E-state index in [2.05, 4.69) is 4.74 Å². The van der Waals surface area contributed by atoms with Crippen LogP contribution in [0.3, 0.4) is 0 Å². The van der Waals surface area contributed by atoms with Crippen molar-refractivity contribution >= 4 is 5.97 Å². The molecule has 122 valence electrons. The van der Waals surface area contributed by atoms with Crippen molar-refractivity contribution in [3.63, 3.8) is 0 Å². The van der Waals surface area contributed by atoms with Crippen molar-refractivity contribution in [2.24, 2.45) is 0 Å². The Kier molecular flexibility index (Phi) is 5.32. The molecule has 0 aromatic heterocycles. The van der Waals surface area contributed by atoms with Gasteiger partial charge < -0.3 is 9.47 Å². The lowest BCUT2D eigenvalue weighted by Crippen LogP contribution is -2.10. The van der Waals surface area contributed by atoms with E-state index in [9.17, 15) is 13.6 Å². The average Bonchev–Trinajstić information content (AvgIpc) is 2.51. The predicted octanol–water partition coefficient (Wildman–Crippen LogP) is 3.88. The molecule has 0 fully saturated rings. The number of carbonyl (C=O) groups excluding carboxylic acids is 1. The van der Waals surface area contributed by atoms with E-state index in [1.165, 1.54) is 25.3 Å². The number of ether oxygens (including phenoxy) is 2. The molecule has 0 unspecified atom stereocenters. The number of hydrogen-bond acceptors (Lipinski definition) is 3. The molecule has 0 aliphatic rings. The summed E-state index contributed by atoms with van der Waals surface area (Å²) in [7, 11) is 1.27. The van der Waals surface area contributed by atoms with Crippen LogP contribution in [0.1, 0.15) is 22.3 Å². The monoisotopic (exact) mass is 320 g/mol. The summed E-state index contributed by atoms with van der Waals surface area (Å²) in [6.45, 7) is 3.47. The van der Waals surface area contributed by atoms with Gasteiger partial charge in [-0.15, -0.1) is 0 Å². The summed E-state index contributed by atoms with van der Waals surface area (Å²) in [5.74, 6) is -1.43. The standard InChI is InChI=1S/C18H18F2O3/c1-11-7-16(20)17(8-12(11)2)23-10-14-13(9-18(21)22-3)5-4-6-15(14)19/h4-8H,9-10H2,1-3H3. The minimum absolute atomic E-state index is 0.0559. The van der Waals surface area contributed by atoms with Crippen LogP contribution >= 0.6 is 0 Å². The number of aryl methyl sites for hydroxylation is 2. The van der Waals surface area contributed by atoms with E-state index in [-0.39, 0.29) is 24.3 Å². The molecule has 2 rings (SSSR count). The summed E-state index contributed by atoms with van der Waals surface area (Å²) < 4.78 is 38.0. The Balaban J connectivity index is 2.23. The summed E-state index contributed by atoms with van der Waals surface area (Å²) in [5, 5.41) is 0. The normalized spacial score (nSPS) is 10.5. The quantitative estimate of drug-likeness (QED) is 0.784. The van der Waals surface area contributed by atoms with E-state index in [0.717, 1.165) is 11.1 Å². The summed E-state index contributed by atoms with van der Waals surface area (Å²) >= 11 is 0. The molecule has 23 heavy (non-hydrogen) atoms. The molecule has 5 heteroatoms. The maximum absolute atomic E-state index is 14.0. The first kappa shape index (κ1) is 16.9. The second kappa shape index (κ2) is 7.22. The summed E-state index contributed by atoms with van der Waals surface area (Å²) in [5.41, 5.74) is 2.37. The first-order chi connectivity index (χ1) is 10.9. The van der Waals surface area contributed by atoms with Gasteiger partial charge >= 0.3 is 5.97 Å². The molecule has 0 radical (unpaired) electrons. The largest absolute Gasteiger partial charge is 0.486 e. The third-order valence-corrected chi connectivity index (χ3v) is 3.70. The van der Waals surface area contributed by atoms with Gasteiger partial charge in [-0.2, -0.15) is 0 Å². The topological polar surface area (TPSA) is 35.5 Å². The van der Waals surface area contributed by atoms with Gasteiger partial charge in [-0.3, -0.25) is 4.79 Å². The molecule has 0 aliphatic heterocycles. The first-order valence-corrected chi connectivity index (χ1v) is 7.15. The van der Waals surface area contributed by atoms with Crippen LogP contribution < -0.4 is 4.74 Å². The Morgan fingerprint density at radius 2 is 1.78 bits per heavy atom. The Hall–Kier alpha value is -2.43. The van der Waals surface area contributed by atoms with Crippen LogP contribution in [0.4, 0.5) is 8.78 Å². The van der Waals surface area contributed by atoms with Gasteiger partial charge in [0.2, 0.25) is 0 Å². The van der Waals surface area contributed by atoms with Crippen molar-refractivity contribution in [2.75, 3.05) is 7.11 Å². The van der Waals surface area contributed by atoms with Gasteiger partial charge in [0, 0.05) is 5.56 Å². The van der Waals surface area contributed by atoms with Crippen molar-refractivity contribution < 1.29 is 23.0 Å². The van der Waals surface area contributed by atoms with Gasteiger partial charge in [0.15, 0.2) is 11.6 Å². The highest BCUT2D eigenvalue weighted by molar-refractivity contribution is 5.72. The number of halogens is 2. The fraction of sp³-hybridized carbons (Fsp3) is 0.278. The van der Waals surface area contributed by atoms with Crippen LogP contribution in [0.15, 0.2) is 30.3 Å². The third-order valence-electron chi connectivity index (χ3n) is 3.70. The van der Waals surface area contributed by atoms with Gasteiger partial charge in [-0.25, -0.2) is 8.78 Å². The molecule has 2 aromatic rings. The lowest BCUT2D eigenvalue weighted by molar-refractivity contribution is -0.139. The molecular weight excluding hydrogens is 302 g/mol. The van der Waals surface area contributed by atoms with Crippen LogP contribution in [0.25, 0.3) is 0 Å². The Bertz CT molecular complexity index is 726. The lowest BCUT2D eigenvalue weighted by Gasteiger charge is -2.13. The molecule has 0 N–H and O–H groups in total. The van der Waals surface area contributed by atoms with Crippen molar-refractivity contribution in [1.82, 2.24) is 0 Å². The minimum Gasteiger partial charge on any atom is -0.486 e. The lowest BCUT2D eigenvalue weighted by atomic mass is 10.0.